The number of carboxylic acid groups (broad SMARTS) is 1. The fourth-order valence-electron chi connectivity index (χ4n) is 3.76. The van der Waals surface area contributed by atoms with Gasteiger partial charge in [-0.3, -0.25) is 4.79 Å². The first kappa shape index (κ1) is 25.8. The predicted octanol–water partition coefficient (Wildman–Crippen LogP) is 5.83. The highest BCUT2D eigenvalue weighted by molar-refractivity contribution is 5.97. The Bertz CT molecular complexity index is 1160. The standard InChI is InChI=1S/C29H33NO5/c1-5-10-22-13-15-23(16-14-22)19-34-25-17-18-26(21(4)20(25)3)35-29(6-2,28(32)33)30-27(31)24-11-8-7-9-12-24/h7-9,11-18H,5-6,10,19H2,1-4H3,(H,30,31)(H,32,33). The Labute approximate surface area is 206 Å². The lowest BCUT2D eigenvalue weighted by molar-refractivity contribution is -0.158. The molecule has 0 bridgehead atoms. The molecule has 3 rings (SSSR count). The number of hydrogen-bond acceptors (Lipinski definition) is 4. The third-order valence-electron chi connectivity index (χ3n) is 6.12. The summed E-state index contributed by atoms with van der Waals surface area (Å²) in [4.78, 5) is 25.0. The lowest BCUT2D eigenvalue weighted by Crippen LogP contribution is -2.58. The van der Waals surface area contributed by atoms with Crippen LogP contribution in [0.3, 0.4) is 0 Å². The first-order valence-electron chi connectivity index (χ1n) is 11.9. The minimum atomic E-state index is -1.91. The van der Waals surface area contributed by atoms with Crippen LogP contribution in [0.25, 0.3) is 0 Å². The molecule has 0 aromatic heterocycles. The average molecular weight is 476 g/mol. The fourth-order valence-corrected chi connectivity index (χ4v) is 3.76. The summed E-state index contributed by atoms with van der Waals surface area (Å²) in [5.74, 6) is -0.725. The summed E-state index contributed by atoms with van der Waals surface area (Å²) in [5, 5.41) is 12.6. The zero-order valence-corrected chi connectivity index (χ0v) is 20.8. The zero-order chi connectivity index (χ0) is 25.4. The van der Waals surface area contributed by atoms with Gasteiger partial charge in [-0.25, -0.2) is 4.79 Å². The van der Waals surface area contributed by atoms with Crippen LogP contribution < -0.4 is 14.8 Å². The number of amides is 1. The molecule has 1 amide bonds. The van der Waals surface area contributed by atoms with Gasteiger partial charge in [0.25, 0.3) is 11.6 Å². The molecule has 3 aromatic carbocycles. The topological polar surface area (TPSA) is 84.9 Å². The van der Waals surface area contributed by atoms with E-state index in [0.29, 0.717) is 23.7 Å². The van der Waals surface area contributed by atoms with E-state index >= 15 is 0 Å². The minimum absolute atomic E-state index is 0.0334. The van der Waals surface area contributed by atoms with Gasteiger partial charge in [0, 0.05) is 12.0 Å². The molecular weight excluding hydrogens is 442 g/mol. The summed E-state index contributed by atoms with van der Waals surface area (Å²) in [6, 6.07) is 20.3. The molecular formula is C29H33NO5. The molecule has 0 fully saturated rings. The summed E-state index contributed by atoms with van der Waals surface area (Å²) in [6.07, 6.45) is 2.20. The Morgan fingerprint density at radius 1 is 0.857 bits per heavy atom. The molecule has 2 N–H and O–H groups in total. The number of carboxylic acids is 1. The number of rotatable bonds is 11. The third kappa shape index (κ3) is 6.21. The maximum absolute atomic E-state index is 12.7. The second kappa shape index (κ2) is 11.6. The van der Waals surface area contributed by atoms with Crippen molar-refractivity contribution in [2.24, 2.45) is 0 Å². The molecule has 6 nitrogen and oxygen atoms in total. The van der Waals surface area contributed by atoms with E-state index in [1.54, 1.807) is 49.4 Å². The molecule has 0 aliphatic rings. The first-order valence-corrected chi connectivity index (χ1v) is 11.9. The molecule has 6 heteroatoms. The van der Waals surface area contributed by atoms with Crippen molar-refractivity contribution in [3.63, 3.8) is 0 Å². The highest BCUT2D eigenvalue weighted by Crippen LogP contribution is 2.32. The van der Waals surface area contributed by atoms with Gasteiger partial charge < -0.3 is 19.9 Å². The first-order chi connectivity index (χ1) is 16.8. The van der Waals surface area contributed by atoms with Gasteiger partial charge in [-0.2, -0.15) is 0 Å². The largest absolute Gasteiger partial charge is 0.489 e. The van der Waals surface area contributed by atoms with Gasteiger partial charge in [0.15, 0.2) is 0 Å². The SMILES string of the molecule is CCCc1ccc(COc2ccc(OC(CC)(NC(=O)c3ccccc3)C(=O)O)c(C)c2C)cc1. The minimum Gasteiger partial charge on any atom is -0.489 e. The Morgan fingerprint density at radius 3 is 2.06 bits per heavy atom. The van der Waals surface area contributed by atoms with Crippen molar-refractivity contribution in [2.75, 3.05) is 0 Å². The maximum Gasteiger partial charge on any atom is 0.370 e. The van der Waals surface area contributed by atoms with Crippen molar-refractivity contribution < 1.29 is 24.2 Å². The number of carbonyl (C=O) groups is 2. The molecule has 3 aromatic rings. The highest BCUT2D eigenvalue weighted by Gasteiger charge is 2.42. The second-order valence-corrected chi connectivity index (χ2v) is 8.57. The van der Waals surface area contributed by atoms with Gasteiger partial charge in [-0.15, -0.1) is 0 Å². The normalized spacial score (nSPS) is 12.5. The van der Waals surface area contributed by atoms with E-state index in [1.807, 2.05) is 13.8 Å². The van der Waals surface area contributed by atoms with Crippen molar-refractivity contribution >= 4 is 11.9 Å². The van der Waals surface area contributed by atoms with E-state index in [9.17, 15) is 14.7 Å². The number of nitrogens with one attached hydrogen (secondary N) is 1. The monoisotopic (exact) mass is 475 g/mol. The lowest BCUT2D eigenvalue weighted by Gasteiger charge is -2.31. The number of hydrogen-bond donors (Lipinski definition) is 2. The summed E-state index contributed by atoms with van der Waals surface area (Å²) in [6.45, 7) is 7.99. The molecule has 0 saturated heterocycles. The van der Waals surface area contributed by atoms with Gasteiger partial charge in [0.05, 0.1) is 0 Å². The second-order valence-electron chi connectivity index (χ2n) is 8.57. The highest BCUT2D eigenvalue weighted by atomic mass is 16.5. The summed E-state index contributed by atoms with van der Waals surface area (Å²) < 4.78 is 12.0. The molecule has 184 valence electrons. The number of ether oxygens (including phenoxy) is 2. The number of carbonyl (C=O) groups excluding carboxylic acids is 1. The van der Waals surface area contributed by atoms with E-state index in [-0.39, 0.29) is 6.42 Å². The van der Waals surface area contributed by atoms with E-state index < -0.39 is 17.6 Å². The quantitative estimate of drug-likeness (QED) is 0.341. The van der Waals surface area contributed by atoms with Crippen molar-refractivity contribution in [1.82, 2.24) is 5.32 Å². The molecule has 0 heterocycles. The summed E-state index contributed by atoms with van der Waals surface area (Å²) in [7, 11) is 0. The van der Waals surface area contributed by atoms with E-state index in [1.165, 1.54) is 5.56 Å². The van der Waals surface area contributed by atoms with Crippen LogP contribution in [-0.4, -0.2) is 22.7 Å². The lowest BCUT2D eigenvalue weighted by atomic mass is 10.1. The number of benzene rings is 3. The fraction of sp³-hybridized carbons (Fsp3) is 0.310. The van der Waals surface area contributed by atoms with Crippen molar-refractivity contribution in [1.29, 1.82) is 0 Å². The molecule has 0 spiro atoms. The van der Waals surface area contributed by atoms with Crippen LogP contribution in [0.2, 0.25) is 0 Å². The van der Waals surface area contributed by atoms with Crippen LogP contribution in [0.1, 0.15) is 59.3 Å². The molecule has 1 atom stereocenters. The molecule has 0 saturated carbocycles. The van der Waals surface area contributed by atoms with Gasteiger partial charge in [-0.05, 0) is 66.8 Å². The smallest absolute Gasteiger partial charge is 0.370 e. The number of aryl methyl sites for hydroxylation is 1. The average Bonchev–Trinajstić information content (AvgIpc) is 2.87. The van der Waals surface area contributed by atoms with Crippen LogP contribution in [0, 0.1) is 13.8 Å². The Morgan fingerprint density at radius 2 is 1.46 bits per heavy atom. The predicted molar refractivity (Wildman–Crippen MR) is 136 cm³/mol. The van der Waals surface area contributed by atoms with Gasteiger partial charge in [0.2, 0.25) is 0 Å². The summed E-state index contributed by atoms with van der Waals surface area (Å²) in [5.41, 5.74) is 2.41. The van der Waals surface area contributed by atoms with Crippen LogP contribution in [-0.2, 0) is 17.8 Å². The van der Waals surface area contributed by atoms with Crippen molar-refractivity contribution in [2.45, 2.75) is 59.3 Å². The van der Waals surface area contributed by atoms with E-state index in [2.05, 4.69) is 36.5 Å². The van der Waals surface area contributed by atoms with Gasteiger partial charge >= 0.3 is 5.97 Å². The van der Waals surface area contributed by atoms with Gasteiger partial charge in [-0.1, -0.05) is 62.7 Å². The van der Waals surface area contributed by atoms with Crippen LogP contribution in [0.4, 0.5) is 0 Å². The third-order valence-corrected chi connectivity index (χ3v) is 6.12. The molecule has 0 aliphatic carbocycles. The van der Waals surface area contributed by atoms with Crippen molar-refractivity contribution in [3.8, 4) is 11.5 Å². The van der Waals surface area contributed by atoms with Crippen molar-refractivity contribution in [3.05, 3.63) is 94.5 Å². The Hall–Kier alpha value is -3.80. The molecule has 35 heavy (non-hydrogen) atoms. The Balaban J connectivity index is 1.77. The van der Waals surface area contributed by atoms with Crippen LogP contribution >= 0.6 is 0 Å². The summed E-state index contributed by atoms with van der Waals surface area (Å²) >= 11 is 0. The Kier molecular flexibility index (Phi) is 8.53. The maximum atomic E-state index is 12.7. The molecule has 0 radical (unpaired) electrons. The van der Waals surface area contributed by atoms with Crippen LogP contribution in [0.5, 0.6) is 11.5 Å². The number of aliphatic carboxylic acids is 1. The van der Waals surface area contributed by atoms with E-state index in [4.69, 9.17) is 9.47 Å². The molecule has 0 aliphatic heterocycles. The van der Waals surface area contributed by atoms with Crippen LogP contribution in [0.15, 0.2) is 66.7 Å². The van der Waals surface area contributed by atoms with Gasteiger partial charge in [0.1, 0.15) is 18.1 Å². The molecule has 1 unspecified atom stereocenters. The zero-order valence-electron chi connectivity index (χ0n) is 20.8. The van der Waals surface area contributed by atoms with E-state index in [0.717, 1.165) is 29.5 Å².